The molecule has 2 saturated heterocycles. The molecule has 0 aliphatic carbocycles. The number of rotatable bonds is 7. The number of carbonyl (C=O) groups excluding carboxylic acids is 3. The van der Waals surface area contributed by atoms with E-state index in [1.54, 1.807) is 4.90 Å². The van der Waals surface area contributed by atoms with Gasteiger partial charge in [-0.15, -0.1) is 11.3 Å². The van der Waals surface area contributed by atoms with Crippen molar-refractivity contribution in [1.82, 2.24) is 15.1 Å². The Morgan fingerprint density at radius 3 is 2.39 bits per heavy atom. The maximum Gasteiger partial charge on any atom is 0.399 e. The number of benzene rings is 2. The van der Waals surface area contributed by atoms with Gasteiger partial charge in [-0.1, -0.05) is 51.1 Å². The van der Waals surface area contributed by atoms with Gasteiger partial charge in [-0.2, -0.15) is 8.78 Å². The minimum Gasteiger partial charge on any atom is -0.340 e. The molecule has 3 aromatic rings. The maximum absolute atomic E-state index is 14.3. The zero-order valence-corrected chi connectivity index (χ0v) is 28.0. The molecule has 0 saturated carbocycles. The monoisotopic (exact) mass is 675 g/mol. The third kappa shape index (κ3) is 6.76. The Kier molecular flexibility index (Phi) is 9.50. The molecule has 0 bridgehead atoms. The number of likely N-dealkylation sites (tertiary alicyclic amines) is 2. The predicted molar refractivity (Wildman–Crippen MR) is 173 cm³/mol. The molecule has 2 aliphatic rings. The van der Waals surface area contributed by atoms with Gasteiger partial charge in [-0.05, 0) is 72.7 Å². The van der Waals surface area contributed by atoms with Crippen molar-refractivity contribution in [3.63, 3.8) is 0 Å². The van der Waals surface area contributed by atoms with Gasteiger partial charge in [0.25, 0.3) is 5.91 Å². The summed E-state index contributed by atoms with van der Waals surface area (Å²) in [7, 11) is -5.76. The normalized spacial score (nSPS) is 20.2. The van der Waals surface area contributed by atoms with Crippen molar-refractivity contribution in [2.75, 3.05) is 19.6 Å². The minimum atomic E-state index is -5.76. The van der Waals surface area contributed by atoms with Gasteiger partial charge >= 0.3 is 13.3 Å². The van der Waals surface area contributed by atoms with Crippen molar-refractivity contribution < 1.29 is 37.5 Å². The average Bonchev–Trinajstić information content (AvgIpc) is 3.66. The van der Waals surface area contributed by atoms with E-state index < -0.39 is 42.2 Å². The van der Waals surface area contributed by atoms with Crippen molar-refractivity contribution in [1.29, 1.82) is 0 Å². The number of nitrogens with zero attached hydrogens (tertiary/aromatic N) is 2. The minimum absolute atomic E-state index is 0.0736. The Hall–Kier alpha value is -3.18. The number of hydrogen-bond acceptors (Lipinski definition) is 5. The van der Waals surface area contributed by atoms with Crippen LogP contribution in [0.15, 0.2) is 48.5 Å². The molecule has 2 unspecified atom stereocenters. The number of carbonyl (C=O) groups is 3. The van der Waals surface area contributed by atoms with Crippen LogP contribution in [0.1, 0.15) is 78.7 Å². The van der Waals surface area contributed by atoms with Gasteiger partial charge in [-0.25, -0.2) is 0 Å². The number of thiophene rings is 1. The zero-order chi connectivity index (χ0) is 33.6. The Labute approximate surface area is 271 Å². The lowest BCUT2D eigenvalue weighted by Crippen LogP contribution is -2.58. The lowest BCUT2D eigenvalue weighted by atomic mass is 9.85. The number of alkyl halides is 2. The van der Waals surface area contributed by atoms with E-state index in [9.17, 15) is 27.7 Å². The fourth-order valence-corrected chi connectivity index (χ4v) is 7.92. The molecule has 3 atom stereocenters. The van der Waals surface area contributed by atoms with Crippen molar-refractivity contribution in [2.45, 2.75) is 77.0 Å². The van der Waals surface area contributed by atoms with Crippen molar-refractivity contribution in [3.8, 4) is 0 Å². The van der Waals surface area contributed by atoms with Crippen LogP contribution in [0.5, 0.6) is 0 Å². The molecule has 3 amide bonds. The Morgan fingerprint density at radius 2 is 1.72 bits per heavy atom. The standard InChI is InChI=1S/C33H40F2N3O6PS/c1-20-9-5-6-11-24(20)21-10-7-15-37(19-21)30(40)25-12-8-16-38(25)31(41)28(32(2,3)4)36-29(39)27-18-22-17-23(13-14-26(22)46-27)33(34,35)45(42,43)44/h5-6,9,11,13-14,17-18,21,25,28H,7-8,10,12,15-16,19H2,1-4H3,(H,36,39)(H2,42,43,44)/t21?,25-,28?/m0/s1. The molecule has 0 radical (unpaired) electrons. The van der Waals surface area contributed by atoms with Crippen LogP contribution in [0.25, 0.3) is 10.1 Å². The highest BCUT2D eigenvalue weighted by Gasteiger charge is 2.50. The lowest BCUT2D eigenvalue weighted by Gasteiger charge is -2.39. The first-order valence-electron chi connectivity index (χ1n) is 15.4. The number of halogens is 2. The zero-order valence-electron chi connectivity index (χ0n) is 26.3. The van der Waals surface area contributed by atoms with Crippen molar-refractivity contribution in [3.05, 3.63) is 70.1 Å². The van der Waals surface area contributed by atoms with E-state index in [1.807, 2.05) is 37.8 Å². The highest BCUT2D eigenvalue weighted by atomic mass is 32.1. The molecule has 0 spiro atoms. The summed E-state index contributed by atoms with van der Waals surface area (Å²) in [6.07, 6.45) is 3.07. The molecule has 2 aliphatic heterocycles. The number of piperidine rings is 1. The number of hydrogen-bond donors (Lipinski definition) is 3. The second-order valence-electron chi connectivity index (χ2n) is 13.4. The van der Waals surface area contributed by atoms with Crippen LogP contribution in [0, 0.1) is 12.3 Å². The summed E-state index contributed by atoms with van der Waals surface area (Å²) in [6, 6.07) is 11.1. The molecule has 2 fully saturated rings. The molecular formula is C33H40F2N3O6PS. The van der Waals surface area contributed by atoms with Gasteiger partial charge in [0.1, 0.15) is 12.1 Å². The third-order valence-corrected chi connectivity index (χ3v) is 11.1. The fourth-order valence-electron chi connectivity index (χ4n) is 6.50. The number of aryl methyl sites for hydroxylation is 1. The van der Waals surface area contributed by atoms with Crippen LogP contribution in [0.4, 0.5) is 8.78 Å². The van der Waals surface area contributed by atoms with Gasteiger partial charge in [0.05, 0.1) is 4.88 Å². The summed E-state index contributed by atoms with van der Waals surface area (Å²) < 4.78 is 40.4. The fraction of sp³-hybridized carbons (Fsp3) is 0.485. The molecule has 2 aromatic carbocycles. The first kappa shape index (κ1) is 34.2. The largest absolute Gasteiger partial charge is 0.399 e. The van der Waals surface area contributed by atoms with E-state index in [2.05, 4.69) is 24.4 Å². The summed E-state index contributed by atoms with van der Waals surface area (Å²) in [6.45, 7) is 9.16. The smallest absolute Gasteiger partial charge is 0.340 e. The van der Waals surface area contributed by atoms with Gasteiger partial charge < -0.3 is 24.9 Å². The first-order valence-corrected chi connectivity index (χ1v) is 17.8. The molecule has 3 heterocycles. The van der Waals surface area contributed by atoms with Gasteiger partial charge in [0.2, 0.25) is 11.8 Å². The predicted octanol–water partition coefficient (Wildman–Crippen LogP) is 5.98. The SMILES string of the molecule is Cc1ccccc1C1CCCN(C(=O)[C@@H]2CCCN2C(=O)C(NC(=O)c2cc3cc(C(F)(F)P(=O)(O)O)ccc3s2)C(C)(C)C)C1. The molecule has 46 heavy (non-hydrogen) atoms. The van der Waals surface area contributed by atoms with Crippen LogP contribution >= 0.6 is 18.9 Å². The summed E-state index contributed by atoms with van der Waals surface area (Å²) in [5.74, 6) is -0.784. The molecular weight excluding hydrogens is 635 g/mol. The number of nitrogens with one attached hydrogen (secondary N) is 1. The third-order valence-electron chi connectivity index (χ3n) is 9.02. The van der Waals surface area contributed by atoms with Gasteiger partial charge in [0, 0.05) is 35.8 Å². The van der Waals surface area contributed by atoms with E-state index in [4.69, 9.17) is 9.79 Å². The topological polar surface area (TPSA) is 127 Å². The second-order valence-corrected chi connectivity index (χ2v) is 16.1. The van der Waals surface area contributed by atoms with Gasteiger partial charge in [0.15, 0.2) is 0 Å². The van der Waals surface area contributed by atoms with Gasteiger partial charge in [-0.3, -0.25) is 18.9 Å². The second kappa shape index (κ2) is 12.8. The van der Waals surface area contributed by atoms with Crippen LogP contribution in [-0.4, -0.2) is 69.0 Å². The maximum atomic E-state index is 14.3. The average molecular weight is 676 g/mol. The number of fused-ring (bicyclic) bond motifs is 1. The van der Waals surface area contributed by atoms with E-state index in [0.717, 1.165) is 36.3 Å². The van der Waals surface area contributed by atoms with Crippen LogP contribution < -0.4 is 5.32 Å². The van der Waals surface area contributed by atoms with Crippen LogP contribution in [0.2, 0.25) is 0 Å². The van der Waals surface area contributed by atoms with E-state index in [0.29, 0.717) is 37.2 Å². The Bertz CT molecular complexity index is 1700. The quantitative estimate of drug-likeness (QED) is 0.265. The Morgan fingerprint density at radius 1 is 1.02 bits per heavy atom. The highest BCUT2D eigenvalue weighted by molar-refractivity contribution is 7.52. The Balaban J connectivity index is 1.33. The lowest BCUT2D eigenvalue weighted by molar-refractivity contribution is -0.146. The summed E-state index contributed by atoms with van der Waals surface area (Å²) in [5.41, 5.74) is -3.53. The molecule has 5 rings (SSSR count). The van der Waals surface area contributed by atoms with Crippen molar-refractivity contribution >= 4 is 46.7 Å². The van der Waals surface area contributed by atoms with E-state index >= 15 is 0 Å². The first-order chi connectivity index (χ1) is 21.5. The number of amides is 3. The van der Waals surface area contributed by atoms with E-state index in [-0.39, 0.29) is 28.0 Å². The molecule has 9 nitrogen and oxygen atoms in total. The summed E-state index contributed by atoms with van der Waals surface area (Å²) in [5, 5.41) is 3.05. The molecule has 248 valence electrons. The summed E-state index contributed by atoms with van der Waals surface area (Å²) in [4.78, 5) is 63.3. The van der Waals surface area contributed by atoms with Crippen molar-refractivity contribution in [2.24, 2.45) is 5.41 Å². The van der Waals surface area contributed by atoms with Crippen LogP contribution in [-0.2, 0) is 19.8 Å². The van der Waals surface area contributed by atoms with Crippen LogP contribution in [0.3, 0.4) is 0 Å². The summed E-state index contributed by atoms with van der Waals surface area (Å²) >= 11 is 1.02. The molecule has 13 heteroatoms. The highest BCUT2D eigenvalue weighted by Crippen LogP contribution is 2.59. The molecule has 3 N–H and O–H groups in total. The molecule has 1 aromatic heterocycles. The van der Waals surface area contributed by atoms with E-state index in [1.165, 1.54) is 23.3 Å².